The number of amides is 1. The number of aromatic nitrogens is 2. The second-order valence-corrected chi connectivity index (χ2v) is 8.70. The largest absolute Gasteiger partial charge is 0.493 e. The number of halogens is 1. The zero-order valence-electron chi connectivity index (χ0n) is 20.2. The van der Waals surface area contributed by atoms with Gasteiger partial charge in [0.2, 0.25) is 5.88 Å². The third kappa shape index (κ3) is 5.00. The molecule has 2 aliphatic heterocycles. The van der Waals surface area contributed by atoms with Crippen LogP contribution in [0.4, 0.5) is 10.1 Å². The van der Waals surface area contributed by atoms with Crippen LogP contribution in [0, 0.1) is 12.7 Å². The maximum absolute atomic E-state index is 13.2. The molecule has 1 amide bonds. The van der Waals surface area contributed by atoms with E-state index in [9.17, 15) is 9.18 Å². The Hall–Kier alpha value is -4.01. The fourth-order valence-electron chi connectivity index (χ4n) is 4.42. The van der Waals surface area contributed by atoms with Crippen LogP contribution in [0.1, 0.15) is 35.4 Å². The van der Waals surface area contributed by atoms with E-state index in [1.165, 1.54) is 12.1 Å². The number of fused-ring (bicyclic) bond motifs is 2. The number of methoxy groups -OCH3 is 1. The lowest BCUT2D eigenvalue weighted by Crippen LogP contribution is -2.35. The Balaban J connectivity index is 1.21. The van der Waals surface area contributed by atoms with Crippen LogP contribution in [-0.2, 0) is 0 Å². The monoisotopic (exact) mass is 490 g/mol. The average molecular weight is 491 g/mol. The lowest BCUT2D eigenvalue weighted by molar-refractivity contribution is 0.0774. The predicted octanol–water partition coefficient (Wildman–Crippen LogP) is 4.77. The normalized spacial score (nSPS) is 16.4. The van der Waals surface area contributed by atoms with Gasteiger partial charge < -0.3 is 19.1 Å². The van der Waals surface area contributed by atoms with E-state index in [2.05, 4.69) is 15.0 Å². The fourth-order valence-corrected chi connectivity index (χ4v) is 4.42. The zero-order valence-corrected chi connectivity index (χ0v) is 20.2. The molecule has 5 rings (SSSR count). The predicted molar refractivity (Wildman–Crippen MR) is 133 cm³/mol. The number of ether oxygens (including phenoxy) is 3. The first kappa shape index (κ1) is 23.7. The van der Waals surface area contributed by atoms with E-state index in [1.807, 2.05) is 11.1 Å². The molecule has 186 valence electrons. The Bertz CT molecular complexity index is 1300. The van der Waals surface area contributed by atoms with Crippen molar-refractivity contribution in [1.29, 1.82) is 0 Å². The molecule has 9 heteroatoms. The number of hydrogen-bond acceptors (Lipinski definition) is 7. The van der Waals surface area contributed by atoms with E-state index in [0.29, 0.717) is 59.8 Å². The van der Waals surface area contributed by atoms with E-state index in [0.717, 1.165) is 24.9 Å². The minimum Gasteiger partial charge on any atom is -0.493 e. The van der Waals surface area contributed by atoms with Crippen molar-refractivity contribution >= 4 is 17.8 Å². The summed E-state index contributed by atoms with van der Waals surface area (Å²) in [6.45, 7) is 3.27. The SMILES string of the molecule is COc1cc2c(cc1OCCCOc1cc(-c3ccc(F)cc3)nc(C)n1)N=CC1CCCN1C2=O. The maximum Gasteiger partial charge on any atom is 0.256 e. The van der Waals surface area contributed by atoms with Gasteiger partial charge in [-0.25, -0.2) is 9.37 Å². The average Bonchev–Trinajstić information content (AvgIpc) is 3.31. The standard InChI is InChI=1S/C27H27FN4O4/c1-17-30-22(18-6-8-19(28)9-7-18)15-26(31-17)36-12-4-11-35-25-14-23-21(13-24(25)34-2)27(33)32-10-3-5-20(32)16-29-23/h6-9,13-16,20H,3-5,10-12H2,1-2H3. The van der Waals surface area contributed by atoms with Crippen molar-refractivity contribution in [3.8, 4) is 28.6 Å². The van der Waals surface area contributed by atoms with Crippen LogP contribution in [-0.4, -0.2) is 59.9 Å². The Morgan fingerprint density at radius 1 is 1.06 bits per heavy atom. The summed E-state index contributed by atoms with van der Waals surface area (Å²) in [5, 5.41) is 0. The Kier molecular flexibility index (Phi) is 6.79. The van der Waals surface area contributed by atoms with Gasteiger partial charge >= 0.3 is 0 Å². The molecule has 0 saturated carbocycles. The molecule has 1 atom stereocenters. The Morgan fingerprint density at radius 3 is 2.67 bits per heavy atom. The highest BCUT2D eigenvalue weighted by Crippen LogP contribution is 2.38. The molecule has 0 spiro atoms. The minimum absolute atomic E-state index is 0.0246. The van der Waals surface area contributed by atoms with Gasteiger partial charge in [0, 0.05) is 36.9 Å². The van der Waals surface area contributed by atoms with E-state index in [-0.39, 0.29) is 17.8 Å². The lowest BCUT2D eigenvalue weighted by Gasteiger charge is -2.20. The molecule has 8 nitrogen and oxygen atoms in total. The molecule has 0 N–H and O–H groups in total. The van der Waals surface area contributed by atoms with E-state index in [4.69, 9.17) is 14.2 Å². The van der Waals surface area contributed by atoms with Gasteiger partial charge in [0.05, 0.1) is 43.3 Å². The second-order valence-electron chi connectivity index (χ2n) is 8.70. The highest BCUT2D eigenvalue weighted by molar-refractivity contribution is 6.03. The fraction of sp³-hybridized carbons (Fsp3) is 0.333. The first-order valence-electron chi connectivity index (χ1n) is 12.0. The van der Waals surface area contributed by atoms with Gasteiger partial charge in [-0.3, -0.25) is 9.79 Å². The molecular weight excluding hydrogens is 463 g/mol. The van der Waals surface area contributed by atoms with Gasteiger partial charge in [0.15, 0.2) is 11.5 Å². The molecule has 0 bridgehead atoms. The summed E-state index contributed by atoms with van der Waals surface area (Å²) >= 11 is 0. The van der Waals surface area contributed by atoms with Crippen molar-refractivity contribution in [2.45, 2.75) is 32.2 Å². The zero-order chi connectivity index (χ0) is 25.1. The van der Waals surface area contributed by atoms with Crippen molar-refractivity contribution in [3.05, 3.63) is 59.7 Å². The van der Waals surface area contributed by atoms with Crippen molar-refractivity contribution in [2.75, 3.05) is 26.9 Å². The van der Waals surface area contributed by atoms with E-state index < -0.39 is 0 Å². The Morgan fingerprint density at radius 2 is 1.86 bits per heavy atom. The third-order valence-corrected chi connectivity index (χ3v) is 6.21. The van der Waals surface area contributed by atoms with Crippen molar-refractivity contribution in [2.24, 2.45) is 4.99 Å². The molecule has 36 heavy (non-hydrogen) atoms. The first-order valence-corrected chi connectivity index (χ1v) is 12.0. The van der Waals surface area contributed by atoms with Crippen LogP contribution < -0.4 is 14.2 Å². The maximum atomic E-state index is 13.2. The van der Waals surface area contributed by atoms with Crippen molar-refractivity contribution in [3.63, 3.8) is 0 Å². The van der Waals surface area contributed by atoms with Crippen LogP contribution in [0.2, 0.25) is 0 Å². The molecule has 1 saturated heterocycles. The first-order chi connectivity index (χ1) is 17.5. The van der Waals surface area contributed by atoms with Gasteiger partial charge in [-0.05, 0) is 50.1 Å². The molecule has 1 fully saturated rings. The van der Waals surface area contributed by atoms with Crippen LogP contribution >= 0.6 is 0 Å². The number of aliphatic imine (C=N–C) groups is 1. The van der Waals surface area contributed by atoms with E-state index in [1.54, 1.807) is 44.4 Å². The quantitative estimate of drug-likeness (QED) is 0.423. The number of carbonyl (C=O) groups excluding carboxylic acids is 1. The summed E-state index contributed by atoms with van der Waals surface area (Å²) in [6.07, 6.45) is 4.36. The summed E-state index contributed by atoms with van der Waals surface area (Å²) in [5.74, 6) is 1.70. The third-order valence-electron chi connectivity index (χ3n) is 6.21. The summed E-state index contributed by atoms with van der Waals surface area (Å²) in [4.78, 5) is 28.2. The smallest absolute Gasteiger partial charge is 0.256 e. The highest BCUT2D eigenvalue weighted by atomic mass is 19.1. The topological polar surface area (TPSA) is 86.1 Å². The van der Waals surface area contributed by atoms with Crippen LogP contribution in [0.25, 0.3) is 11.3 Å². The number of nitrogens with zero attached hydrogens (tertiary/aromatic N) is 4. The second kappa shape index (κ2) is 10.3. The van der Waals surface area contributed by atoms with Gasteiger partial charge in [-0.1, -0.05) is 0 Å². The van der Waals surface area contributed by atoms with Crippen molar-refractivity contribution < 1.29 is 23.4 Å². The Labute approximate surface area is 208 Å². The molecule has 1 aromatic heterocycles. The molecule has 0 aliphatic carbocycles. The van der Waals surface area contributed by atoms with Crippen LogP contribution in [0.3, 0.4) is 0 Å². The highest BCUT2D eigenvalue weighted by Gasteiger charge is 2.32. The molecule has 0 radical (unpaired) electrons. The molecule has 3 aromatic rings. The van der Waals surface area contributed by atoms with Gasteiger partial charge in [0.25, 0.3) is 5.91 Å². The summed E-state index contributed by atoms with van der Waals surface area (Å²) in [5.41, 5.74) is 2.57. The molecule has 2 aromatic carbocycles. The van der Waals surface area contributed by atoms with Gasteiger partial charge in [-0.15, -0.1) is 0 Å². The van der Waals surface area contributed by atoms with E-state index >= 15 is 0 Å². The number of carbonyl (C=O) groups is 1. The minimum atomic E-state index is -0.300. The molecule has 3 heterocycles. The molecule has 1 unspecified atom stereocenters. The molecular formula is C27H27FN4O4. The summed E-state index contributed by atoms with van der Waals surface area (Å²) < 4.78 is 30.5. The summed E-state index contributed by atoms with van der Waals surface area (Å²) in [6, 6.07) is 11.4. The van der Waals surface area contributed by atoms with Crippen LogP contribution in [0.5, 0.6) is 17.4 Å². The number of aryl methyl sites for hydroxylation is 1. The van der Waals surface area contributed by atoms with Crippen molar-refractivity contribution in [1.82, 2.24) is 14.9 Å². The summed E-state index contributed by atoms with van der Waals surface area (Å²) in [7, 11) is 1.55. The van der Waals surface area contributed by atoms with Gasteiger partial charge in [-0.2, -0.15) is 4.98 Å². The number of rotatable bonds is 8. The number of benzene rings is 2. The number of hydrogen-bond donors (Lipinski definition) is 0. The van der Waals surface area contributed by atoms with Crippen LogP contribution in [0.15, 0.2) is 47.5 Å². The molecule has 2 aliphatic rings. The lowest BCUT2D eigenvalue weighted by atomic mass is 10.1. The van der Waals surface area contributed by atoms with Gasteiger partial charge in [0.1, 0.15) is 11.6 Å².